The summed E-state index contributed by atoms with van der Waals surface area (Å²) in [6.45, 7) is 0.0843. The first-order chi connectivity index (χ1) is 7.19. The van der Waals surface area contributed by atoms with Crippen molar-refractivity contribution in [2.24, 2.45) is 10.9 Å². The van der Waals surface area contributed by atoms with Gasteiger partial charge in [0.25, 0.3) is 0 Å². The van der Waals surface area contributed by atoms with Gasteiger partial charge in [0, 0.05) is 5.56 Å². The highest BCUT2D eigenvalue weighted by atomic mass is 35.5. The van der Waals surface area contributed by atoms with E-state index in [4.69, 9.17) is 32.4 Å². The molecule has 0 radical (unpaired) electrons. The average molecular weight is 231 g/mol. The standard InChI is InChI=1S/C9H11ClN2O3/c10-7-5-6(9(11)12-14)1-2-8(7)15-4-3-13/h1-2,5,13-14H,3-4H2,(H2,11,12). The molecular formula is C9H11ClN2O3. The van der Waals surface area contributed by atoms with E-state index in [2.05, 4.69) is 5.16 Å². The Morgan fingerprint density at radius 3 is 2.80 bits per heavy atom. The normalized spacial score (nSPS) is 11.5. The molecule has 1 rings (SSSR count). The van der Waals surface area contributed by atoms with E-state index >= 15 is 0 Å². The van der Waals surface area contributed by atoms with Crippen molar-refractivity contribution in [1.29, 1.82) is 0 Å². The molecular weight excluding hydrogens is 220 g/mol. The van der Waals surface area contributed by atoms with Gasteiger partial charge in [-0.15, -0.1) is 0 Å². The van der Waals surface area contributed by atoms with Crippen LogP contribution >= 0.6 is 11.6 Å². The molecule has 1 aromatic rings. The smallest absolute Gasteiger partial charge is 0.170 e. The third kappa shape index (κ3) is 3.00. The Morgan fingerprint density at radius 2 is 2.27 bits per heavy atom. The highest BCUT2D eigenvalue weighted by molar-refractivity contribution is 6.32. The van der Waals surface area contributed by atoms with Crippen LogP contribution in [0.2, 0.25) is 5.02 Å². The zero-order chi connectivity index (χ0) is 11.3. The van der Waals surface area contributed by atoms with Crippen LogP contribution in [0.15, 0.2) is 23.4 Å². The number of hydrogen-bond donors (Lipinski definition) is 3. The summed E-state index contributed by atoms with van der Waals surface area (Å²) >= 11 is 5.87. The van der Waals surface area contributed by atoms with E-state index in [9.17, 15) is 0 Å². The van der Waals surface area contributed by atoms with Crippen molar-refractivity contribution in [2.45, 2.75) is 0 Å². The van der Waals surface area contributed by atoms with Crippen LogP contribution in [0.3, 0.4) is 0 Å². The van der Waals surface area contributed by atoms with Crippen LogP contribution in [0.4, 0.5) is 0 Å². The van der Waals surface area contributed by atoms with Crippen molar-refractivity contribution < 1.29 is 15.1 Å². The molecule has 15 heavy (non-hydrogen) atoms. The summed E-state index contributed by atoms with van der Waals surface area (Å²) in [6.07, 6.45) is 0. The number of nitrogens with zero attached hydrogens (tertiary/aromatic N) is 1. The number of nitrogens with two attached hydrogens (primary N) is 1. The first kappa shape index (κ1) is 11.6. The Hall–Kier alpha value is -1.46. The molecule has 0 spiro atoms. The summed E-state index contributed by atoms with van der Waals surface area (Å²) in [5.41, 5.74) is 5.87. The Balaban J connectivity index is 2.88. The maximum absolute atomic E-state index is 8.56. The maximum atomic E-state index is 8.56. The van der Waals surface area contributed by atoms with Gasteiger partial charge in [0.05, 0.1) is 11.6 Å². The first-order valence-electron chi connectivity index (χ1n) is 4.20. The van der Waals surface area contributed by atoms with E-state index in [0.29, 0.717) is 16.3 Å². The summed E-state index contributed by atoms with van der Waals surface area (Å²) in [5, 5.41) is 20.2. The summed E-state index contributed by atoms with van der Waals surface area (Å²) in [5.74, 6) is 0.422. The SMILES string of the molecule is NC(=NO)c1ccc(OCCO)c(Cl)c1. The fourth-order valence-electron chi connectivity index (χ4n) is 0.991. The third-order valence-electron chi connectivity index (χ3n) is 1.68. The van der Waals surface area contributed by atoms with Crippen LogP contribution in [-0.4, -0.2) is 29.4 Å². The van der Waals surface area contributed by atoms with Gasteiger partial charge in [0.15, 0.2) is 5.84 Å². The van der Waals surface area contributed by atoms with Crippen LogP contribution in [-0.2, 0) is 0 Å². The van der Waals surface area contributed by atoms with E-state index < -0.39 is 0 Å². The molecule has 0 aliphatic heterocycles. The van der Waals surface area contributed by atoms with E-state index in [1.807, 2.05) is 0 Å². The Bertz CT molecular complexity index is 368. The second kappa shape index (κ2) is 5.43. The van der Waals surface area contributed by atoms with E-state index in [-0.39, 0.29) is 19.0 Å². The lowest BCUT2D eigenvalue weighted by molar-refractivity contribution is 0.201. The lowest BCUT2D eigenvalue weighted by atomic mass is 10.2. The quantitative estimate of drug-likeness (QED) is 0.309. The van der Waals surface area contributed by atoms with Crippen LogP contribution in [0.25, 0.3) is 0 Å². The number of amidine groups is 1. The Kier molecular flexibility index (Phi) is 4.20. The van der Waals surface area contributed by atoms with Crippen molar-refractivity contribution in [1.82, 2.24) is 0 Å². The molecule has 5 nitrogen and oxygen atoms in total. The van der Waals surface area contributed by atoms with Gasteiger partial charge in [-0.25, -0.2) is 0 Å². The molecule has 1 aromatic carbocycles. The number of benzene rings is 1. The van der Waals surface area contributed by atoms with Gasteiger partial charge in [-0.2, -0.15) is 0 Å². The predicted molar refractivity (Wildman–Crippen MR) is 56.5 cm³/mol. The van der Waals surface area contributed by atoms with Crippen molar-refractivity contribution in [3.8, 4) is 5.75 Å². The number of halogens is 1. The van der Waals surface area contributed by atoms with Gasteiger partial charge in [0.2, 0.25) is 0 Å². The molecule has 0 heterocycles. The minimum absolute atomic E-state index is 0.0226. The zero-order valence-electron chi connectivity index (χ0n) is 7.85. The Labute approximate surface area is 91.7 Å². The van der Waals surface area contributed by atoms with E-state index in [0.717, 1.165) is 0 Å². The highest BCUT2D eigenvalue weighted by Gasteiger charge is 2.05. The largest absolute Gasteiger partial charge is 0.490 e. The predicted octanol–water partition coefficient (Wildman–Crippen LogP) is 0.806. The molecule has 82 valence electrons. The van der Waals surface area contributed by atoms with Crippen LogP contribution in [0.5, 0.6) is 5.75 Å². The number of oxime groups is 1. The van der Waals surface area contributed by atoms with Gasteiger partial charge in [-0.05, 0) is 18.2 Å². The molecule has 0 aliphatic carbocycles. The molecule has 0 amide bonds. The van der Waals surface area contributed by atoms with Crippen LogP contribution in [0, 0.1) is 0 Å². The fraction of sp³-hybridized carbons (Fsp3) is 0.222. The molecule has 0 bridgehead atoms. The molecule has 0 aromatic heterocycles. The van der Waals surface area contributed by atoms with E-state index in [1.54, 1.807) is 12.1 Å². The lowest BCUT2D eigenvalue weighted by Gasteiger charge is -2.07. The molecule has 0 saturated heterocycles. The van der Waals surface area contributed by atoms with Gasteiger partial charge < -0.3 is 20.8 Å². The number of aliphatic hydroxyl groups is 1. The molecule has 0 saturated carbocycles. The first-order valence-corrected chi connectivity index (χ1v) is 4.58. The van der Waals surface area contributed by atoms with Gasteiger partial charge in [-0.1, -0.05) is 16.8 Å². The summed E-state index contributed by atoms with van der Waals surface area (Å²) in [7, 11) is 0. The molecule has 0 unspecified atom stereocenters. The number of hydrogen-bond acceptors (Lipinski definition) is 4. The van der Waals surface area contributed by atoms with Gasteiger partial charge in [0.1, 0.15) is 12.4 Å². The van der Waals surface area contributed by atoms with Crippen LogP contribution in [0.1, 0.15) is 5.56 Å². The second-order valence-corrected chi connectivity index (χ2v) is 3.11. The minimum Gasteiger partial charge on any atom is -0.490 e. The fourth-order valence-corrected chi connectivity index (χ4v) is 1.23. The molecule has 4 N–H and O–H groups in total. The van der Waals surface area contributed by atoms with Crippen molar-refractivity contribution in [3.05, 3.63) is 28.8 Å². The van der Waals surface area contributed by atoms with Crippen LogP contribution < -0.4 is 10.5 Å². The average Bonchev–Trinajstić information content (AvgIpc) is 2.26. The summed E-state index contributed by atoms with van der Waals surface area (Å²) in [6, 6.07) is 4.71. The topological polar surface area (TPSA) is 88.1 Å². The maximum Gasteiger partial charge on any atom is 0.170 e. The molecule has 0 aliphatic rings. The molecule has 0 atom stereocenters. The summed E-state index contributed by atoms with van der Waals surface area (Å²) < 4.78 is 5.13. The van der Waals surface area contributed by atoms with Gasteiger partial charge in [-0.3, -0.25) is 0 Å². The zero-order valence-corrected chi connectivity index (χ0v) is 8.61. The van der Waals surface area contributed by atoms with Gasteiger partial charge >= 0.3 is 0 Å². The van der Waals surface area contributed by atoms with Crippen molar-refractivity contribution in [2.75, 3.05) is 13.2 Å². The number of rotatable bonds is 4. The second-order valence-electron chi connectivity index (χ2n) is 2.70. The third-order valence-corrected chi connectivity index (χ3v) is 1.98. The number of aliphatic hydroxyl groups excluding tert-OH is 1. The molecule has 6 heteroatoms. The minimum atomic E-state index is -0.0850. The Morgan fingerprint density at radius 1 is 1.53 bits per heavy atom. The van der Waals surface area contributed by atoms with E-state index in [1.165, 1.54) is 6.07 Å². The highest BCUT2D eigenvalue weighted by Crippen LogP contribution is 2.25. The number of ether oxygens (including phenoxy) is 1. The monoisotopic (exact) mass is 230 g/mol. The van der Waals surface area contributed by atoms with Crippen molar-refractivity contribution in [3.63, 3.8) is 0 Å². The molecule has 0 fully saturated rings. The summed E-state index contributed by atoms with van der Waals surface area (Å²) in [4.78, 5) is 0. The lowest BCUT2D eigenvalue weighted by Crippen LogP contribution is -2.13. The van der Waals surface area contributed by atoms with Crippen molar-refractivity contribution >= 4 is 17.4 Å².